The molecule has 2 fully saturated rings. The summed E-state index contributed by atoms with van der Waals surface area (Å²) < 4.78 is 4.77. The number of carboxylic acid groups (broad SMARTS) is 1. The fraction of sp³-hybridized carbons (Fsp3) is 0.583. The molecule has 1 aromatic heterocycles. The number of rotatable bonds is 3. The van der Waals surface area contributed by atoms with E-state index < -0.39 is 11.9 Å². The second-order valence-corrected chi connectivity index (χ2v) is 5.07. The van der Waals surface area contributed by atoms with Crippen LogP contribution in [0.15, 0.2) is 16.8 Å². The second kappa shape index (κ2) is 4.12. The van der Waals surface area contributed by atoms with E-state index in [4.69, 9.17) is 4.52 Å². The molecule has 2 aliphatic carbocycles. The molecule has 0 radical (unpaired) electrons. The smallest absolute Gasteiger partial charge is 0.308 e. The average molecular weight is 250 g/mol. The second-order valence-electron chi connectivity index (χ2n) is 5.07. The van der Waals surface area contributed by atoms with Gasteiger partial charge in [0.2, 0.25) is 5.76 Å². The van der Waals surface area contributed by atoms with E-state index in [0.29, 0.717) is 0 Å². The van der Waals surface area contributed by atoms with Crippen molar-refractivity contribution < 1.29 is 19.2 Å². The van der Waals surface area contributed by atoms with Crippen LogP contribution in [-0.4, -0.2) is 28.2 Å². The largest absolute Gasteiger partial charge is 0.481 e. The Hall–Kier alpha value is -1.85. The molecular weight excluding hydrogens is 236 g/mol. The molecule has 2 saturated carbocycles. The zero-order chi connectivity index (χ0) is 12.7. The number of aromatic nitrogens is 1. The lowest BCUT2D eigenvalue weighted by Crippen LogP contribution is -2.46. The maximum atomic E-state index is 11.9. The van der Waals surface area contributed by atoms with Crippen LogP contribution >= 0.6 is 0 Å². The van der Waals surface area contributed by atoms with E-state index in [2.05, 4.69) is 10.5 Å². The number of hydrogen-bond donors (Lipinski definition) is 2. The summed E-state index contributed by atoms with van der Waals surface area (Å²) in [7, 11) is 0. The SMILES string of the molecule is O=C(NC1C2CCC(C2)C1C(=O)O)c1ccno1. The van der Waals surface area contributed by atoms with Crippen LogP contribution in [0.4, 0.5) is 0 Å². The van der Waals surface area contributed by atoms with Gasteiger partial charge in [-0.05, 0) is 31.1 Å². The van der Waals surface area contributed by atoms with Crippen molar-refractivity contribution >= 4 is 11.9 Å². The predicted octanol–water partition coefficient (Wildman–Crippen LogP) is 0.904. The van der Waals surface area contributed by atoms with Crippen LogP contribution in [0, 0.1) is 17.8 Å². The highest BCUT2D eigenvalue weighted by molar-refractivity contribution is 5.92. The molecule has 4 atom stereocenters. The normalized spacial score (nSPS) is 33.6. The molecule has 1 heterocycles. The van der Waals surface area contributed by atoms with Gasteiger partial charge in [0.05, 0.1) is 12.1 Å². The van der Waals surface area contributed by atoms with Gasteiger partial charge in [0.25, 0.3) is 5.91 Å². The molecule has 2 aliphatic rings. The summed E-state index contributed by atoms with van der Waals surface area (Å²) in [5, 5.41) is 15.5. The van der Waals surface area contributed by atoms with Gasteiger partial charge < -0.3 is 14.9 Å². The Kier molecular flexibility index (Phi) is 2.57. The molecule has 0 aliphatic heterocycles. The highest BCUT2D eigenvalue weighted by atomic mass is 16.5. The number of aliphatic carboxylic acids is 1. The highest BCUT2D eigenvalue weighted by Crippen LogP contribution is 2.48. The van der Waals surface area contributed by atoms with Crippen molar-refractivity contribution in [2.45, 2.75) is 25.3 Å². The molecule has 4 unspecified atom stereocenters. The van der Waals surface area contributed by atoms with Gasteiger partial charge >= 0.3 is 5.97 Å². The van der Waals surface area contributed by atoms with Crippen LogP contribution in [0.1, 0.15) is 29.8 Å². The standard InChI is InChI=1S/C12H14N2O4/c15-11(8-3-4-13-18-8)14-10-7-2-1-6(5-7)9(10)12(16)17/h3-4,6-7,9-10H,1-2,5H2,(H,14,15)(H,16,17). The summed E-state index contributed by atoms with van der Waals surface area (Å²) in [5.41, 5.74) is 0. The summed E-state index contributed by atoms with van der Waals surface area (Å²) in [4.78, 5) is 23.2. The van der Waals surface area contributed by atoms with E-state index in [1.54, 1.807) is 0 Å². The van der Waals surface area contributed by atoms with Crippen LogP contribution in [0.25, 0.3) is 0 Å². The Balaban J connectivity index is 1.75. The first-order valence-corrected chi connectivity index (χ1v) is 6.11. The van der Waals surface area contributed by atoms with Crippen molar-refractivity contribution in [2.24, 2.45) is 17.8 Å². The lowest BCUT2D eigenvalue weighted by atomic mass is 9.84. The Morgan fingerprint density at radius 1 is 1.39 bits per heavy atom. The first-order valence-electron chi connectivity index (χ1n) is 6.11. The quantitative estimate of drug-likeness (QED) is 0.831. The summed E-state index contributed by atoms with van der Waals surface area (Å²) in [6.07, 6.45) is 4.24. The molecule has 2 bridgehead atoms. The number of nitrogens with one attached hydrogen (secondary N) is 1. The fourth-order valence-electron chi connectivity index (χ4n) is 3.41. The van der Waals surface area contributed by atoms with E-state index in [1.807, 2.05) is 0 Å². The number of carboxylic acids is 1. The number of hydrogen-bond acceptors (Lipinski definition) is 4. The number of nitrogens with zero attached hydrogens (tertiary/aromatic N) is 1. The molecule has 3 rings (SSSR count). The molecule has 0 saturated heterocycles. The fourth-order valence-corrected chi connectivity index (χ4v) is 3.41. The van der Waals surface area contributed by atoms with Crippen LogP contribution < -0.4 is 5.32 Å². The van der Waals surface area contributed by atoms with E-state index >= 15 is 0 Å². The minimum atomic E-state index is -0.815. The van der Waals surface area contributed by atoms with E-state index in [0.717, 1.165) is 19.3 Å². The zero-order valence-electron chi connectivity index (χ0n) is 9.70. The van der Waals surface area contributed by atoms with Crippen molar-refractivity contribution in [1.29, 1.82) is 0 Å². The van der Waals surface area contributed by atoms with E-state index in [9.17, 15) is 14.7 Å². The van der Waals surface area contributed by atoms with Crippen LogP contribution in [0.2, 0.25) is 0 Å². The van der Waals surface area contributed by atoms with Crippen molar-refractivity contribution in [3.63, 3.8) is 0 Å². The number of amides is 1. The van der Waals surface area contributed by atoms with Gasteiger partial charge in [-0.2, -0.15) is 0 Å². The molecule has 1 aromatic rings. The van der Waals surface area contributed by atoms with Crippen molar-refractivity contribution in [3.05, 3.63) is 18.0 Å². The van der Waals surface area contributed by atoms with Gasteiger partial charge in [0.15, 0.2) is 0 Å². The third-order valence-corrected chi connectivity index (χ3v) is 4.16. The molecule has 96 valence electrons. The summed E-state index contributed by atoms with van der Waals surface area (Å²) in [6, 6.07) is 1.19. The molecule has 0 spiro atoms. The van der Waals surface area contributed by atoms with Crippen molar-refractivity contribution in [1.82, 2.24) is 10.5 Å². The Bertz CT molecular complexity index is 470. The Labute approximate surface area is 103 Å². The molecule has 2 N–H and O–H groups in total. The molecular formula is C12H14N2O4. The average Bonchev–Trinajstić information content (AvgIpc) is 3.05. The monoisotopic (exact) mass is 250 g/mol. The maximum absolute atomic E-state index is 11.9. The minimum absolute atomic E-state index is 0.127. The number of carbonyl (C=O) groups excluding carboxylic acids is 1. The summed E-state index contributed by atoms with van der Waals surface area (Å²) >= 11 is 0. The third kappa shape index (κ3) is 1.68. The Morgan fingerprint density at radius 2 is 2.17 bits per heavy atom. The van der Waals surface area contributed by atoms with E-state index in [1.165, 1.54) is 12.3 Å². The van der Waals surface area contributed by atoms with Crippen LogP contribution in [-0.2, 0) is 4.79 Å². The summed E-state index contributed by atoms with van der Waals surface area (Å²) in [6.45, 7) is 0. The van der Waals surface area contributed by atoms with Gasteiger partial charge in [-0.1, -0.05) is 5.16 Å². The van der Waals surface area contributed by atoms with E-state index in [-0.39, 0.29) is 29.5 Å². The van der Waals surface area contributed by atoms with Gasteiger partial charge in [0.1, 0.15) is 0 Å². The van der Waals surface area contributed by atoms with Gasteiger partial charge in [-0.3, -0.25) is 9.59 Å². The summed E-state index contributed by atoms with van der Waals surface area (Å²) in [5.74, 6) is -1.05. The Morgan fingerprint density at radius 3 is 2.83 bits per heavy atom. The highest BCUT2D eigenvalue weighted by Gasteiger charge is 2.51. The first-order chi connectivity index (χ1) is 8.66. The van der Waals surface area contributed by atoms with Crippen molar-refractivity contribution in [3.8, 4) is 0 Å². The van der Waals surface area contributed by atoms with Gasteiger partial charge in [0, 0.05) is 12.1 Å². The molecule has 0 aromatic carbocycles. The lowest BCUT2D eigenvalue weighted by Gasteiger charge is -2.28. The zero-order valence-corrected chi connectivity index (χ0v) is 9.70. The minimum Gasteiger partial charge on any atom is -0.481 e. The lowest BCUT2D eigenvalue weighted by molar-refractivity contribution is -0.144. The molecule has 6 heteroatoms. The van der Waals surface area contributed by atoms with Crippen LogP contribution in [0.3, 0.4) is 0 Å². The molecule has 1 amide bonds. The van der Waals surface area contributed by atoms with Gasteiger partial charge in [-0.15, -0.1) is 0 Å². The number of carbonyl (C=O) groups is 2. The third-order valence-electron chi connectivity index (χ3n) is 4.16. The van der Waals surface area contributed by atoms with Crippen LogP contribution in [0.5, 0.6) is 0 Å². The number of fused-ring (bicyclic) bond motifs is 2. The maximum Gasteiger partial charge on any atom is 0.308 e. The van der Waals surface area contributed by atoms with Crippen molar-refractivity contribution in [2.75, 3.05) is 0 Å². The molecule has 6 nitrogen and oxygen atoms in total. The van der Waals surface area contributed by atoms with Gasteiger partial charge in [-0.25, -0.2) is 0 Å². The first kappa shape index (κ1) is 11.3. The topological polar surface area (TPSA) is 92.4 Å². The molecule has 18 heavy (non-hydrogen) atoms. The predicted molar refractivity (Wildman–Crippen MR) is 59.7 cm³/mol.